The minimum absolute atomic E-state index is 0.0819. The van der Waals surface area contributed by atoms with E-state index < -0.39 is 58.8 Å². The second kappa shape index (κ2) is 8.08. The second-order valence-corrected chi connectivity index (χ2v) is 6.41. The zero-order valence-corrected chi connectivity index (χ0v) is 15.3. The van der Waals surface area contributed by atoms with Gasteiger partial charge in [0.15, 0.2) is 11.5 Å². The second-order valence-electron chi connectivity index (χ2n) is 6.00. The lowest BCUT2D eigenvalue weighted by Crippen LogP contribution is -2.14. The Morgan fingerprint density at radius 2 is 1.38 bits per heavy atom. The van der Waals surface area contributed by atoms with Crippen LogP contribution in [0.1, 0.15) is 34.5 Å². The maximum atomic E-state index is 13.6. The fourth-order valence-corrected chi connectivity index (χ4v) is 2.96. The van der Waals surface area contributed by atoms with Gasteiger partial charge in [-0.3, -0.25) is 9.59 Å². The topological polar surface area (TPSA) is 141 Å². The first-order chi connectivity index (χ1) is 13.8. The molecule has 8 nitrogen and oxygen atoms in total. The lowest BCUT2D eigenvalue weighted by Gasteiger charge is -2.19. The molecule has 152 valence electrons. The molecular weight excluding hydrogens is 411 g/mol. The summed E-state index contributed by atoms with van der Waals surface area (Å²) in [6, 6.07) is 5.03. The van der Waals surface area contributed by atoms with Gasteiger partial charge in [-0.2, -0.15) is 0 Å². The third-order valence-corrected chi connectivity index (χ3v) is 4.40. The van der Waals surface area contributed by atoms with Crippen LogP contribution in [0.15, 0.2) is 48.8 Å². The van der Waals surface area contributed by atoms with E-state index in [2.05, 4.69) is 0 Å². The minimum atomic E-state index is -1.44. The molecule has 0 saturated heterocycles. The molecule has 0 aliphatic heterocycles. The summed E-state index contributed by atoms with van der Waals surface area (Å²) in [5.74, 6) is -5.39. The van der Waals surface area contributed by atoms with Crippen molar-refractivity contribution in [1.29, 1.82) is 0 Å². The van der Waals surface area contributed by atoms with Crippen molar-refractivity contribution < 1.29 is 33.7 Å². The first-order valence-corrected chi connectivity index (χ1v) is 8.53. The van der Waals surface area contributed by atoms with Crippen LogP contribution in [0.5, 0.6) is 11.5 Å². The normalized spacial score (nSPS) is 11.2. The number of rotatable bonds is 5. The van der Waals surface area contributed by atoms with E-state index in [0.29, 0.717) is 0 Å². The molecule has 0 aliphatic carbocycles. The number of aliphatic hydroxyl groups excluding tert-OH is 2. The molecule has 0 aliphatic rings. The van der Waals surface area contributed by atoms with Crippen LogP contribution in [0, 0.1) is 5.82 Å². The van der Waals surface area contributed by atoms with E-state index in [1.807, 2.05) is 0 Å². The van der Waals surface area contributed by atoms with Crippen molar-refractivity contribution in [3.8, 4) is 11.5 Å². The molecule has 0 bridgehead atoms. The van der Waals surface area contributed by atoms with Gasteiger partial charge in [0.25, 0.3) is 0 Å². The highest BCUT2D eigenvalue weighted by Gasteiger charge is 2.31. The van der Waals surface area contributed by atoms with Crippen molar-refractivity contribution >= 4 is 11.6 Å². The van der Waals surface area contributed by atoms with Gasteiger partial charge in [0, 0.05) is 12.1 Å². The predicted molar refractivity (Wildman–Crippen MR) is 97.5 cm³/mol. The van der Waals surface area contributed by atoms with Crippen molar-refractivity contribution in [3.05, 3.63) is 90.2 Å². The fraction of sp³-hybridized carbons (Fsp3) is 0.158. The first kappa shape index (κ1) is 20.6. The molecule has 2 aromatic heterocycles. The summed E-state index contributed by atoms with van der Waals surface area (Å²) in [5.41, 5.74) is -1.74. The molecule has 0 atom stereocenters. The highest BCUT2D eigenvalue weighted by molar-refractivity contribution is 6.30. The SMILES string of the molecule is O=c1cc(CO)oc(C(c2ccc(F)c(Cl)c2)c2oc(CO)cc(=O)c2O)c1O. The number of aromatic hydroxyl groups is 2. The van der Waals surface area contributed by atoms with Crippen LogP contribution in [-0.2, 0) is 13.2 Å². The van der Waals surface area contributed by atoms with Crippen LogP contribution >= 0.6 is 11.6 Å². The molecule has 0 radical (unpaired) electrons. The van der Waals surface area contributed by atoms with E-state index in [1.165, 1.54) is 6.07 Å². The highest BCUT2D eigenvalue weighted by atomic mass is 35.5. The summed E-state index contributed by atoms with van der Waals surface area (Å²) in [6.07, 6.45) is 0. The summed E-state index contributed by atoms with van der Waals surface area (Å²) in [6.45, 7) is -1.38. The largest absolute Gasteiger partial charge is 0.502 e. The first-order valence-electron chi connectivity index (χ1n) is 8.15. The zero-order valence-electron chi connectivity index (χ0n) is 14.6. The number of hydrogen-bond acceptors (Lipinski definition) is 8. The van der Waals surface area contributed by atoms with E-state index >= 15 is 0 Å². The van der Waals surface area contributed by atoms with Crippen molar-refractivity contribution in [2.45, 2.75) is 19.1 Å². The van der Waals surface area contributed by atoms with Crippen LogP contribution in [0.25, 0.3) is 0 Å². The van der Waals surface area contributed by atoms with E-state index in [-0.39, 0.29) is 22.1 Å². The molecule has 3 aromatic rings. The molecule has 4 N–H and O–H groups in total. The number of aliphatic hydroxyl groups is 2. The van der Waals surface area contributed by atoms with Gasteiger partial charge in [0.1, 0.15) is 36.5 Å². The van der Waals surface area contributed by atoms with E-state index in [4.69, 9.17) is 20.4 Å². The number of benzene rings is 1. The molecule has 10 heteroatoms. The highest BCUT2D eigenvalue weighted by Crippen LogP contribution is 2.40. The monoisotopic (exact) mass is 424 g/mol. The van der Waals surface area contributed by atoms with Gasteiger partial charge in [-0.1, -0.05) is 17.7 Å². The molecule has 2 heterocycles. The summed E-state index contributed by atoms with van der Waals surface area (Å²) in [7, 11) is 0. The Morgan fingerprint density at radius 1 is 0.897 bits per heavy atom. The van der Waals surface area contributed by atoms with E-state index in [9.17, 15) is 34.4 Å². The maximum Gasteiger partial charge on any atom is 0.227 e. The van der Waals surface area contributed by atoms with Crippen LogP contribution in [0.4, 0.5) is 4.39 Å². The lowest BCUT2D eigenvalue weighted by molar-refractivity contribution is 0.225. The third kappa shape index (κ3) is 3.88. The molecule has 0 amide bonds. The average Bonchev–Trinajstić information content (AvgIpc) is 2.70. The van der Waals surface area contributed by atoms with Gasteiger partial charge in [-0.05, 0) is 17.7 Å². The maximum absolute atomic E-state index is 13.6. The Kier molecular flexibility index (Phi) is 5.73. The fourth-order valence-electron chi connectivity index (χ4n) is 2.77. The van der Waals surface area contributed by atoms with E-state index in [0.717, 1.165) is 24.3 Å². The van der Waals surface area contributed by atoms with Crippen LogP contribution < -0.4 is 10.9 Å². The molecule has 0 saturated carbocycles. The third-order valence-electron chi connectivity index (χ3n) is 4.11. The minimum Gasteiger partial charge on any atom is -0.502 e. The Hall–Kier alpha value is -3.14. The Labute approximate surface area is 166 Å². The molecule has 0 unspecified atom stereocenters. The van der Waals surface area contributed by atoms with Crippen molar-refractivity contribution in [2.75, 3.05) is 0 Å². The molecule has 0 spiro atoms. The smallest absolute Gasteiger partial charge is 0.227 e. The molecule has 29 heavy (non-hydrogen) atoms. The quantitative estimate of drug-likeness (QED) is 0.487. The van der Waals surface area contributed by atoms with Gasteiger partial charge >= 0.3 is 0 Å². The predicted octanol–water partition coefficient (Wildman–Crippen LogP) is 1.96. The standard InChI is InChI=1S/C19H14ClFO8/c20-11-3-8(1-2-12(11)21)15(18-16(26)13(24)4-9(6-22)28-18)19-17(27)14(25)5-10(7-23)29-19/h1-5,15,22-23,26-27H,6-7H2. The van der Waals surface area contributed by atoms with Gasteiger partial charge < -0.3 is 29.3 Å². The number of halogens is 2. The van der Waals surface area contributed by atoms with Crippen LogP contribution in [0.2, 0.25) is 5.02 Å². The molecule has 1 aromatic carbocycles. The van der Waals surface area contributed by atoms with Gasteiger partial charge in [0.05, 0.1) is 5.02 Å². The van der Waals surface area contributed by atoms with Crippen molar-refractivity contribution in [3.63, 3.8) is 0 Å². The van der Waals surface area contributed by atoms with Crippen LogP contribution in [-0.4, -0.2) is 20.4 Å². The number of hydrogen-bond donors (Lipinski definition) is 4. The summed E-state index contributed by atoms with van der Waals surface area (Å²) in [4.78, 5) is 24.2. The lowest BCUT2D eigenvalue weighted by atomic mass is 9.91. The van der Waals surface area contributed by atoms with Gasteiger partial charge in [-0.15, -0.1) is 0 Å². The molecule has 3 rings (SSSR count). The van der Waals surface area contributed by atoms with E-state index in [1.54, 1.807) is 0 Å². The Bertz CT molecular complexity index is 1120. The van der Waals surface area contributed by atoms with Crippen LogP contribution in [0.3, 0.4) is 0 Å². The average molecular weight is 425 g/mol. The summed E-state index contributed by atoms with van der Waals surface area (Å²) >= 11 is 5.83. The van der Waals surface area contributed by atoms with Gasteiger partial charge in [0.2, 0.25) is 22.4 Å². The summed E-state index contributed by atoms with van der Waals surface area (Å²) in [5, 5.41) is 38.9. The van der Waals surface area contributed by atoms with Crippen molar-refractivity contribution in [2.24, 2.45) is 0 Å². The molecular formula is C19H14ClFO8. The van der Waals surface area contributed by atoms with Crippen molar-refractivity contribution in [1.82, 2.24) is 0 Å². The summed E-state index contributed by atoms with van der Waals surface area (Å²) < 4.78 is 24.4. The molecule has 0 fully saturated rings. The Morgan fingerprint density at radius 3 is 1.79 bits per heavy atom. The Balaban J connectivity index is 2.40. The zero-order chi connectivity index (χ0) is 21.3. The van der Waals surface area contributed by atoms with Gasteiger partial charge in [-0.25, -0.2) is 4.39 Å².